The van der Waals surface area contributed by atoms with Crippen LogP contribution in [-0.4, -0.2) is 57.8 Å². The minimum atomic E-state index is 0. The van der Waals surface area contributed by atoms with Crippen LogP contribution in [0.1, 0.15) is 18.1 Å². The van der Waals surface area contributed by atoms with E-state index in [1.54, 1.807) is 14.2 Å². The first-order chi connectivity index (χ1) is 14.3. The van der Waals surface area contributed by atoms with Crippen LogP contribution in [0.15, 0.2) is 53.5 Å². The van der Waals surface area contributed by atoms with Gasteiger partial charge in [-0.05, 0) is 30.2 Å². The number of anilines is 1. The monoisotopic (exact) mass is 524 g/mol. The summed E-state index contributed by atoms with van der Waals surface area (Å²) in [6.07, 6.45) is 0. The van der Waals surface area contributed by atoms with E-state index >= 15 is 0 Å². The number of ether oxygens (including phenoxy) is 2. The van der Waals surface area contributed by atoms with E-state index in [1.165, 1.54) is 11.1 Å². The number of benzene rings is 2. The fourth-order valence-corrected chi connectivity index (χ4v) is 3.64. The van der Waals surface area contributed by atoms with Crippen LogP contribution in [0.3, 0.4) is 0 Å². The van der Waals surface area contributed by atoms with Gasteiger partial charge in [0.1, 0.15) is 5.75 Å². The molecule has 0 atom stereocenters. The Morgan fingerprint density at radius 1 is 0.967 bits per heavy atom. The molecule has 3 rings (SSSR count). The van der Waals surface area contributed by atoms with Gasteiger partial charge in [0.15, 0.2) is 5.96 Å². The largest absolute Gasteiger partial charge is 0.495 e. The van der Waals surface area contributed by atoms with Gasteiger partial charge in [0.25, 0.3) is 0 Å². The minimum Gasteiger partial charge on any atom is -0.495 e. The Morgan fingerprint density at radius 2 is 1.63 bits per heavy atom. The molecule has 2 aromatic carbocycles. The molecule has 0 aliphatic carbocycles. The number of aliphatic imine (C=N–C) groups is 1. The molecule has 164 valence electrons. The van der Waals surface area contributed by atoms with Crippen molar-refractivity contribution in [2.45, 2.75) is 20.1 Å². The highest BCUT2D eigenvalue weighted by Crippen LogP contribution is 2.28. The van der Waals surface area contributed by atoms with E-state index in [4.69, 9.17) is 14.5 Å². The minimum absolute atomic E-state index is 0. The number of guanidine groups is 1. The Bertz CT molecular complexity index is 807. The fraction of sp³-hybridized carbons (Fsp3) is 0.435. The van der Waals surface area contributed by atoms with E-state index < -0.39 is 0 Å². The van der Waals surface area contributed by atoms with Crippen LogP contribution in [0.4, 0.5) is 5.69 Å². The standard InChI is InChI=1S/C23H32N4O2.HI/c1-4-24-23(25-17-19-9-5-6-10-20(19)18-28-2)27-15-13-26(14-16-27)21-11-7-8-12-22(21)29-3;/h5-12H,4,13-18H2,1-3H3,(H,24,25);1H. The normalized spacial score (nSPS) is 14.3. The lowest BCUT2D eigenvalue weighted by Gasteiger charge is -2.38. The maximum atomic E-state index is 5.53. The highest BCUT2D eigenvalue weighted by molar-refractivity contribution is 14.0. The lowest BCUT2D eigenvalue weighted by molar-refractivity contribution is 0.184. The summed E-state index contributed by atoms with van der Waals surface area (Å²) < 4.78 is 10.9. The van der Waals surface area contributed by atoms with Crippen LogP contribution in [0, 0.1) is 0 Å². The van der Waals surface area contributed by atoms with Crippen molar-refractivity contribution in [2.75, 3.05) is 51.8 Å². The van der Waals surface area contributed by atoms with Gasteiger partial charge in [0.2, 0.25) is 0 Å². The van der Waals surface area contributed by atoms with Gasteiger partial charge in [-0.15, -0.1) is 24.0 Å². The molecular formula is C23H33IN4O2. The Labute approximate surface area is 197 Å². The van der Waals surface area contributed by atoms with E-state index in [-0.39, 0.29) is 24.0 Å². The zero-order valence-electron chi connectivity index (χ0n) is 18.1. The van der Waals surface area contributed by atoms with E-state index in [0.29, 0.717) is 13.2 Å². The van der Waals surface area contributed by atoms with Crippen molar-refractivity contribution in [1.29, 1.82) is 0 Å². The molecule has 30 heavy (non-hydrogen) atoms. The van der Waals surface area contributed by atoms with Gasteiger partial charge in [-0.2, -0.15) is 0 Å². The van der Waals surface area contributed by atoms with Crippen molar-refractivity contribution in [3.63, 3.8) is 0 Å². The maximum absolute atomic E-state index is 5.53. The highest BCUT2D eigenvalue weighted by Gasteiger charge is 2.21. The Morgan fingerprint density at radius 3 is 2.30 bits per heavy atom. The van der Waals surface area contributed by atoms with Crippen LogP contribution in [-0.2, 0) is 17.9 Å². The Kier molecular flexibility index (Phi) is 10.2. The first-order valence-electron chi connectivity index (χ1n) is 10.2. The predicted octanol–water partition coefficient (Wildman–Crippen LogP) is 3.75. The van der Waals surface area contributed by atoms with Gasteiger partial charge in [-0.25, -0.2) is 4.99 Å². The Balaban J connectivity index is 0.00000320. The highest BCUT2D eigenvalue weighted by atomic mass is 127. The van der Waals surface area contributed by atoms with Gasteiger partial charge in [-0.1, -0.05) is 36.4 Å². The lowest BCUT2D eigenvalue weighted by atomic mass is 10.1. The summed E-state index contributed by atoms with van der Waals surface area (Å²) in [6.45, 7) is 7.93. The molecule has 1 heterocycles. The number of nitrogens with zero attached hydrogens (tertiary/aromatic N) is 3. The maximum Gasteiger partial charge on any atom is 0.194 e. The molecule has 0 radical (unpaired) electrons. The second-order valence-corrected chi connectivity index (χ2v) is 7.02. The first-order valence-corrected chi connectivity index (χ1v) is 10.2. The predicted molar refractivity (Wildman–Crippen MR) is 134 cm³/mol. The van der Waals surface area contributed by atoms with Crippen molar-refractivity contribution >= 4 is 35.6 Å². The molecule has 0 aromatic heterocycles. The third kappa shape index (κ3) is 6.25. The van der Waals surface area contributed by atoms with E-state index in [9.17, 15) is 0 Å². The number of rotatable bonds is 7. The Hall–Kier alpha value is -2.00. The van der Waals surface area contributed by atoms with E-state index in [0.717, 1.165) is 50.1 Å². The molecule has 1 aliphatic heterocycles. The topological polar surface area (TPSA) is 49.3 Å². The zero-order valence-corrected chi connectivity index (χ0v) is 20.5. The van der Waals surface area contributed by atoms with Gasteiger partial charge in [-0.3, -0.25) is 0 Å². The molecule has 7 heteroatoms. The molecule has 0 saturated carbocycles. The molecular weight excluding hydrogens is 491 g/mol. The van der Waals surface area contributed by atoms with E-state index in [2.05, 4.69) is 52.4 Å². The summed E-state index contributed by atoms with van der Waals surface area (Å²) in [5.74, 6) is 1.90. The van der Waals surface area contributed by atoms with Crippen molar-refractivity contribution in [3.05, 3.63) is 59.7 Å². The number of piperazine rings is 1. The second-order valence-electron chi connectivity index (χ2n) is 7.02. The van der Waals surface area contributed by atoms with Crippen molar-refractivity contribution < 1.29 is 9.47 Å². The quantitative estimate of drug-likeness (QED) is 0.340. The van der Waals surface area contributed by atoms with Crippen LogP contribution >= 0.6 is 24.0 Å². The molecule has 0 bridgehead atoms. The number of halogens is 1. The number of hydrogen-bond donors (Lipinski definition) is 1. The molecule has 0 spiro atoms. The molecule has 2 aromatic rings. The summed E-state index contributed by atoms with van der Waals surface area (Å²) in [5, 5.41) is 3.45. The first kappa shape index (κ1) is 24.3. The number of methoxy groups -OCH3 is 2. The SMILES string of the molecule is CCNC(=NCc1ccccc1COC)N1CCN(c2ccccc2OC)CC1.I. The van der Waals surface area contributed by atoms with E-state index in [1.807, 2.05) is 18.2 Å². The van der Waals surface area contributed by atoms with Crippen LogP contribution in [0.25, 0.3) is 0 Å². The van der Waals surface area contributed by atoms with Crippen LogP contribution in [0.2, 0.25) is 0 Å². The molecule has 1 fully saturated rings. The number of nitrogens with one attached hydrogen (secondary N) is 1. The third-order valence-electron chi connectivity index (χ3n) is 5.16. The fourth-order valence-electron chi connectivity index (χ4n) is 3.64. The summed E-state index contributed by atoms with van der Waals surface area (Å²) in [6, 6.07) is 16.6. The van der Waals surface area contributed by atoms with Crippen molar-refractivity contribution in [3.8, 4) is 5.75 Å². The zero-order chi connectivity index (χ0) is 20.5. The van der Waals surface area contributed by atoms with Gasteiger partial charge in [0, 0.05) is 39.8 Å². The summed E-state index contributed by atoms with van der Waals surface area (Å²) in [5.41, 5.74) is 3.55. The van der Waals surface area contributed by atoms with Gasteiger partial charge in [0.05, 0.1) is 25.9 Å². The summed E-state index contributed by atoms with van der Waals surface area (Å²) in [7, 11) is 3.46. The summed E-state index contributed by atoms with van der Waals surface area (Å²) >= 11 is 0. The number of para-hydroxylation sites is 2. The van der Waals surface area contributed by atoms with Crippen LogP contribution in [0.5, 0.6) is 5.75 Å². The second kappa shape index (κ2) is 12.6. The van der Waals surface area contributed by atoms with Gasteiger partial charge >= 0.3 is 0 Å². The molecule has 1 N–H and O–H groups in total. The lowest BCUT2D eigenvalue weighted by Crippen LogP contribution is -2.52. The van der Waals surface area contributed by atoms with Crippen molar-refractivity contribution in [2.24, 2.45) is 4.99 Å². The molecule has 1 aliphatic rings. The average Bonchev–Trinajstić information content (AvgIpc) is 2.78. The third-order valence-corrected chi connectivity index (χ3v) is 5.16. The molecule has 0 amide bonds. The molecule has 0 unspecified atom stereocenters. The van der Waals surface area contributed by atoms with Crippen LogP contribution < -0.4 is 15.0 Å². The average molecular weight is 524 g/mol. The summed E-state index contributed by atoms with van der Waals surface area (Å²) in [4.78, 5) is 9.64. The van der Waals surface area contributed by atoms with Gasteiger partial charge < -0.3 is 24.6 Å². The molecule has 1 saturated heterocycles. The number of hydrogen-bond acceptors (Lipinski definition) is 4. The molecule has 6 nitrogen and oxygen atoms in total. The van der Waals surface area contributed by atoms with Crippen molar-refractivity contribution in [1.82, 2.24) is 10.2 Å². The smallest absolute Gasteiger partial charge is 0.194 e.